The molecule has 2 rings (SSSR count). The van der Waals surface area contributed by atoms with Gasteiger partial charge in [0.1, 0.15) is 0 Å². The summed E-state index contributed by atoms with van der Waals surface area (Å²) in [6, 6.07) is 4.16. The number of nitrogens with two attached hydrogens (primary N) is 1. The summed E-state index contributed by atoms with van der Waals surface area (Å²) in [5.74, 6) is 0.101. The van der Waals surface area contributed by atoms with E-state index in [-0.39, 0.29) is 5.92 Å². The molecule has 1 aliphatic carbocycles. The summed E-state index contributed by atoms with van der Waals surface area (Å²) in [7, 11) is 0. The van der Waals surface area contributed by atoms with Crippen LogP contribution in [0, 0.1) is 5.92 Å². The van der Waals surface area contributed by atoms with E-state index in [9.17, 15) is 18.3 Å². The maximum atomic E-state index is 12.6. The number of aliphatic hydroxyl groups excluding tert-OH is 1. The second kappa shape index (κ2) is 5.51. The lowest BCUT2D eigenvalue weighted by molar-refractivity contribution is -0.137. The lowest BCUT2D eigenvalue weighted by atomic mass is 9.90. The summed E-state index contributed by atoms with van der Waals surface area (Å²) >= 11 is 0. The number of alkyl halides is 3. The number of rotatable bonds is 3. The van der Waals surface area contributed by atoms with E-state index in [1.165, 1.54) is 12.1 Å². The van der Waals surface area contributed by atoms with Gasteiger partial charge in [-0.2, -0.15) is 13.2 Å². The molecule has 106 valence electrons. The first-order valence-corrected chi connectivity index (χ1v) is 6.50. The maximum Gasteiger partial charge on any atom is 0.416 e. The smallest absolute Gasteiger partial charge is 0.391 e. The molecule has 19 heavy (non-hydrogen) atoms. The Balaban J connectivity index is 2.16. The summed E-state index contributed by atoms with van der Waals surface area (Å²) in [6.07, 6.45) is -1.25. The lowest BCUT2D eigenvalue weighted by Crippen LogP contribution is -2.32. The van der Waals surface area contributed by atoms with Crippen molar-refractivity contribution < 1.29 is 18.3 Å². The van der Waals surface area contributed by atoms with E-state index in [0.717, 1.165) is 37.8 Å². The van der Waals surface area contributed by atoms with Gasteiger partial charge in [0.15, 0.2) is 0 Å². The molecule has 3 N–H and O–H groups in total. The van der Waals surface area contributed by atoms with Crippen LogP contribution in [0.2, 0.25) is 0 Å². The van der Waals surface area contributed by atoms with E-state index < -0.39 is 23.9 Å². The van der Waals surface area contributed by atoms with Crippen molar-refractivity contribution >= 4 is 0 Å². The number of hydrogen-bond acceptors (Lipinski definition) is 2. The Morgan fingerprint density at radius 2 is 1.84 bits per heavy atom. The largest absolute Gasteiger partial charge is 0.416 e. The number of aliphatic hydroxyl groups is 1. The van der Waals surface area contributed by atoms with Gasteiger partial charge in [-0.05, 0) is 36.5 Å². The molecule has 5 heteroatoms. The Morgan fingerprint density at radius 1 is 1.21 bits per heavy atom. The zero-order valence-corrected chi connectivity index (χ0v) is 10.5. The fourth-order valence-corrected chi connectivity index (χ4v) is 2.71. The fourth-order valence-electron chi connectivity index (χ4n) is 2.71. The highest BCUT2D eigenvalue weighted by molar-refractivity contribution is 5.28. The van der Waals surface area contributed by atoms with E-state index in [4.69, 9.17) is 5.73 Å². The van der Waals surface area contributed by atoms with Crippen LogP contribution in [0.4, 0.5) is 13.2 Å². The molecular formula is C14H18F3NO. The first kappa shape index (κ1) is 14.3. The molecule has 0 aliphatic heterocycles. The third-order valence-corrected chi connectivity index (χ3v) is 3.85. The molecule has 2 atom stereocenters. The number of halogens is 3. The first-order chi connectivity index (χ1) is 8.89. The predicted octanol–water partition coefficient (Wildman–Crippen LogP) is 3.26. The van der Waals surface area contributed by atoms with E-state index >= 15 is 0 Å². The third kappa shape index (κ3) is 3.28. The van der Waals surface area contributed by atoms with Gasteiger partial charge in [-0.25, -0.2) is 0 Å². The minimum atomic E-state index is -4.38. The SMILES string of the molecule is N[C@@H](c1cccc(C(F)(F)F)c1)[C@H](O)C1CCCC1. The molecule has 1 aromatic rings. The lowest BCUT2D eigenvalue weighted by Gasteiger charge is -2.25. The van der Waals surface area contributed by atoms with Gasteiger partial charge in [-0.15, -0.1) is 0 Å². The van der Waals surface area contributed by atoms with Crippen molar-refractivity contribution in [3.63, 3.8) is 0 Å². The van der Waals surface area contributed by atoms with E-state index in [2.05, 4.69) is 0 Å². The second-order valence-electron chi connectivity index (χ2n) is 5.18. The monoisotopic (exact) mass is 273 g/mol. The summed E-state index contributed by atoms with van der Waals surface area (Å²) < 4.78 is 37.9. The summed E-state index contributed by atoms with van der Waals surface area (Å²) in [5, 5.41) is 10.2. The van der Waals surface area contributed by atoms with Crippen molar-refractivity contribution in [2.75, 3.05) is 0 Å². The Hall–Kier alpha value is -1.07. The second-order valence-corrected chi connectivity index (χ2v) is 5.18. The zero-order chi connectivity index (χ0) is 14.0. The van der Waals surface area contributed by atoms with Crippen molar-refractivity contribution in [3.05, 3.63) is 35.4 Å². The molecule has 1 fully saturated rings. The van der Waals surface area contributed by atoms with Crippen molar-refractivity contribution in [1.82, 2.24) is 0 Å². The van der Waals surface area contributed by atoms with Gasteiger partial charge < -0.3 is 10.8 Å². The molecule has 0 unspecified atom stereocenters. The fraction of sp³-hybridized carbons (Fsp3) is 0.571. The van der Waals surface area contributed by atoms with Gasteiger partial charge in [-0.3, -0.25) is 0 Å². The molecule has 1 aliphatic rings. The summed E-state index contributed by atoms with van der Waals surface area (Å²) in [5.41, 5.74) is 5.53. The molecule has 1 aromatic carbocycles. The van der Waals surface area contributed by atoms with Gasteiger partial charge in [-0.1, -0.05) is 25.0 Å². The van der Waals surface area contributed by atoms with Gasteiger partial charge in [0.05, 0.1) is 17.7 Å². The molecule has 0 amide bonds. The normalized spacial score (nSPS) is 20.5. The molecule has 0 spiro atoms. The van der Waals surface area contributed by atoms with E-state index in [1.807, 2.05) is 0 Å². The molecule has 0 saturated heterocycles. The Bertz CT molecular complexity index is 427. The molecular weight excluding hydrogens is 255 g/mol. The van der Waals surface area contributed by atoms with Crippen molar-refractivity contribution in [2.24, 2.45) is 11.7 Å². The average molecular weight is 273 g/mol. The van der Waals surface area contributed by atoms with Gasteiger partial charge in [0.2, 0.25) is 0 Å². The topological polar surface area (TPSA) is 46.2 Å². The molecule has 0 radical (unpaired) electrons. The van der Waals surface area contributed by atoms with Crippen LogP contribution in [0.15, 0.2) is 24.3 Å². The molecule has 2 nitrogen and oxygen atoms in total. The Morgan fingerprint density at radius 3 is 2.42 bits per heavy atom. The highest BCUT2D eigenvalue weighted by Gasteiger charge is 2.33. The van der Waals surface area contributed by atoms with Crippen molar-refractivity contribution in [3.8, 4) is 0 Å². The summed E-state index contributed by atoms with van der Waals surface area (Å²) in [6.45, 7) is 0. The molecule has 1 saturated carbocycles. The average Bonchev–Trinajstić information content (AvgIpc) is 2.90. The Kier molecular flexibility index (Phi) is 4.16. The van der Waals surface area contributed by atoms with Crippen LogP contribution in [0.25, 0.3) is 0 Å². The number of benzene rings is 1. The van der Waals surface area contributed by atoms with Crippen molar-refractivity contribution in [1.29, 1.82) is 0 Å². The minimum Gasteiger partial charge on any atom is -0.391 e. The highest BCUT2D eigenvalue weighted by Crippen LogP contribution is 2.34. The van der Waals surface area contributed by atoms with Crippen LogP contribution in [0.1, 0.15) is 42.9 Å². The van der Waals surface area contributed by atoms with Crippen molar-refractivity contribution in [2.45, 2.75) is 44.0 Å². The highest BCUT2D eigenvalue weighted by atomic mass is 19.4. The van der Waals surface area contributed by atoms with Crippen LogP contribution in [0.3, 0.4) is 0 Å². The molecule has 0 heterocycles. The van der Waals surface area contributed by atoms with Crippen LogP contribution >= 0.6 is 0 Å². The quantitative estimate of drug-likeness (QED) is 0.888. The minimum absolute atomic E-state index is 0.101. The van der Waals surface area contributed by atoms with Gasteiger partial charge in [0.25, 0.3) is 0 Å². The van der Waals surface area contributed by atoms with Gasteiger partial charge in [0, 0.05) is 0 Å². The van der Waals surface area contributed by atoms with Crippen LogP contribution in [0.5, 0.6) is 0 Å². The molecule has 0 bridgehead atoms. The van der Waals surface area contributed by atoms with E-state index in [1.54, 1.807) is 0 Å². The maximum absolute atomic E-state index is 12.6. The van der Waals surface area contributed by atoms with Gasteiger partial charge >= 0.3 is 6.18 Å². The number of hydrogen-bond donors (Lipinski definition) is 2. The zero-order valence-electron chi connectivity index (χ0n) is 10.5. The van der Waals surface area contributed by atoms with Crippen LogP contribution in [-0.4, -0.2) is 11.2 Å². The first-order valence-electron chi connectivity index (χ1n) is 6.50. The predicted molar refractivity (Wildman–Crippen MR) is 66.3 cm³/mol. The Labute approximate surface area is 110 Å². The van der Waals surface area contributed by atoms with E-state index in [0.29, 0.717) is 5.56 Å². The van der Waals surface area contributed by atoms with Crippen LogP contribution in [-0.2, 0) is 6.18 Å². The standard InChI is InChI=1S/C14H18F3NO/c15-14(16,17)11-7-3-6-10(8-11)12(18)13(19)9-4-1-2-5-9/h3,6-9,12-13,19H,1-2,4-5,18H2/t12-,13+/m0/s1. The molecule has 0 aromatic heterocycles. The van der Waals surface area contributed by atoms with Crippen LogP contribution < -0.4 is 5.73 Å². The summed E-state index contributed by atoms with van der Waals surface area (Å²) in [4.78, 5) is 0. The third-order valence-electron chi connectivity index (χ3n) is 3.85.